The van der Waals surface area contributed by atoms with Gasteiger partial charge in [0.05, 0.1) is 0 Å². The van der Waals surface area contributed by atoms with E-state index < -0.39 is 0 Å². The van der Waals surface area contributed by atoms with Gasteiger partial charge >= 0.3 is 0 Å². The Bertz CT molecular complexity index is 896. The molecule has 0 saturated carbocycles. The Kier molecular flexibility index (Phi) is 4.53. The fourth-order valence-electron chi connectivity index (χ4n) is 3.90. The predicted molar refractivity (Wildman–Crippen MR) is 104 cm³/mol. The summed E-state index contributed by atoms with van der Waals surface area (Å²) < 4.78 is 2.52. The lowest BCUT2D eigenvalue weighted by molar-refractivity contribution is 0.309. The van der Waals surface area contributed by atoms with Crippen molar-refractivity contribution in [2.45, 2.75) is 39.3 Å². The summed E-state index contributed by atoms with van der Waals surface area (Å²) in [7, 11) is 2.20. The minimum atomic E-state index is 0.825. The van der Waals surface area contributed by atoms with Gasteiger partial charge in [-0.2, -0.15) is 0 Å². The number of aryl methyl sites for hydroxylation is 3. The highest BCUT2D eigenvalue weighted by Crippen LogP contribution is 2.32. The average molecular weight is 354 g/mol. The van der Waals surface area contributed by atoms with Crippen LogP contribution in [0, 0.1) is 6.92 Å². The molecule has 0 atom stereocenters. The molecule has 3 aromatic rings. The third-order valence-corrected chi connectivity index (χ3v) is 5.46. The Morgan fingerprint density at radius 2 is 2.08 bits per heavy atom. The lowest BCUT2D eigenvalue weighted by Gasteiger charge is -2.24. The molecule has 4 rings (SSSR count). The molecule has 0 N–H and O–H groups in total. The van der Waals surface area contributed by atoms with Crippen LogP contribution in [-0.2, 0) is 25.9 Å². The van der Waals surface area contributed by atoms with Gasteiger partial charge in [-0.1, -0.05) is 17.7 Å². The molecular formula is C21H24ClN3. The second-order valence-corrected chi connectivity index (χ2v) is 7.57. The van der Waals surface area contributed by atoms with E-state index in [0.29, 0.717) is 0 Å². The van der Waals surface area contributed by atoms with Crippen molar-refractivity contribution in [1.29, 1.82) is 0 Å². The average Bonchev–Trinajstić information content (AvgIpc) is 2.89. The van der Waals surface area contributed by atoms with Crippen LogP contribution in [0.5, 0.6) is 0 Å². The molecule has 0 amide bonds. The maximum absolute atomic E-state index is 6.27. The van der Waals surface area contributed by atoms with E-state index in [1.165, 1.54) is 27.7 Å². The zero-order chi connectivity index (χ0) is 17.4. The number of rotatable bonds is 4. The molecule has 2 aromatic heterocycles. The van der Waals surface area contributed by atoms with Gasteiger partial charge in [0.1, 0.15) is 0 Å². The van der Waals surface area contributed by atoms with Crippen LogP contribution >= 0.6 is 11.6 Å². The van der Waals surface area contributed by atoms with Crippen molar-refractivity contribution >= 4 is 22.5 Å². The van der Waals surface area contributed by atoms with Crippen LogP contribution in [0.15, 0.2) is 36.5 Å². The molecule has 0 unspecified atom stereocenters. The van der Waals surface area contributed by atoms with Gasteiger partial charge in [-0.05, 0) is 62.2 Å². The maximum Gasteiger partial charge on any atom is 0.0486 e. The molecule has 1 aromatic carbocycles. The molecule has 25 heavy (non-hydrogen) atoms. The van der Waals surface area contributed by atoms with E-state index in [4.69, 9.17) is 11.6 Å². The summed E-state index contributed by atoms with van der Waals surface area (Å²) in [6.45, 7) is 5.22. The number of hydrogen-bond acceptors (Lipinski definition) is 2. The first-order chi connectivity index (χ1) is 12.1. The van der Waals surface area contributed by atoms with Crippen LogP contribution in [-0.4, -0.2) is 28.0 Å². The summed E-state index contributed by atoms with van der Waals surface area (Å²) in [6.07, 6.45) is 5.31. The number of likely N-dealkylation sites (N-methyl/N-ethyl adjacent to an activating group) is 1. The van der Waals surface area contributed by atoms with E-state index in [2.05, 4.69) is 45.8 Å². The van der Waals surface area contributed by atoms with Gasteiger partial charge in [-0.25, -0.2) is 0 Å². The summed E-state index contributed by atoms with van der Waals surface area (Å²) in [5.74, 6) is 0. The largest absolute Gasteiger partial charge is 0.344 e. The number of pyridine rings is 1. The molecule has 3 nitrogen and oxygen atoms in total. The highest BCUT2D eigenvalue weighted by molar-refractivity contribution is 6.31. The standard InChI is InChI=1S/C21H24ClN3/c1-15-5-6-16(13-23-15)4-3-10-25-20-8-7-17(22)12-18(20)19-14-24(2)11-9-21(19)25/h5-8,12-13H,3-4,9-11,14H2,1-2H3. The Labute approximate surface area is 154 Å². The number of hydrogen-bond donors (Lipinski definition) is 0. The second kappa shape index (κ2) is 6.81. The lowest BCUT2D eigenvalue weighted by Crippen LogP contribution is -2.27. The summed E-state index contributed by atoms with van der Waals surface area (Å²) in [5, 5.41) is 2.15. The Morgan fingerprint density at radius 1 is 1.20 bits per heavy atom. The predicted octanol–water partition coefficient (Wildman–Crippen LogP) is 4.62. The molecule has 1 aliphatic heterocycles. The molecule has 0 radical (unpaired) electrons. The molecule has 4 heteroatoms. The Hall–Kier alpha value is -1.84. The first-order valence-corrected chi connectivity index (χ1v) is 9.39. The monoisotopic (exact) mass is 353 g/mol. The van der Waals surface area contributed by atoms with Gasteiger partial charge in [-0.15, -0.1) is 0 Å². The van der Waals surface area contributed by atoms with Gasteiger partial charge in [0, 0.05) is 59.6 Å². The maximum atomic E-state index is 6.27. The van der Waals surface area contributed by atoms with E-state index in [1.54, 1.807) is 0 Å². The number of aromatic nitrogens is 2. The van der Waals surface area contributed by atoms with Crippen LogP contribution in [0.4, 0.5) is 0 Å². The quantitative estimate of drug-likeness (QED) is 0.682. The molecule has 0 bridgehead atoms. The van der Waals surface area contributed by atoms with Crippen LogP contribution < -0.4 is 0 Å². The highest BCUT2D eigenvalue weighted by atomic mass is 35.5. The van der Waals surface area contributed by atoms with E-state index in [1.807, 2.05) is 19.2 Å². The Morgan fingerprint density at radius 3 is 2.88 bits per heavy atom. The minimum absolute atomic E-state index is 0.825. The molecule has 1 aliphatic rings. The van der Waals surface area contributed by atoms with Gasteiger partial charge in [-0.3, -0.25) is 4.98 Å². The van der Waals surface area contributed by atoms with Crippen LogP contribution in [0.1, 0.15) is 28.9 Å². The number of fused-ring (bicyclic) bond motifs is 3. The smallest absolute Gasteiger partial charge is 0.0486 e. The fraction of sp³-hybridized carbons (Fsp3) is 0.381. The normalized spacial score (nSPS) is 14.8. The second-order valence-electron chi connectivity index (χ2n) is 7.14. The molecule has 0 aliphatic carbocycles. The summed E-state index contributed by atoms with van der Waals surface area (Å²) >= 11 is 6.27. The number of halogens is 1. The van der Waals surface area contributed by atoms with E-state index in [-0.39, 0.29) is 0 Å². The summed E-state index contributed by atoms with van der Waals surface area (Å²) in [4.78, 5) is 6.80. The van der Waals surface area contributed by atoms with Crippen LogP contribution in [0.25, 0.3) is 10.9 Å². The Balaban J connectivity index is 1.61. The van der Waals surface area contributed by atoms with Crippen molar-refractivity contribution in [1.82, 2.24) is 14.5 Å². The third kappa shape index (κ3) is 3.31. The molecule has 0 spiro atoms. The SMILES string of the molecule is Cc1ccc(CCCn2c3c(c4cc(Cl)ccc42)CN(C)CC3)cn1. The van der Waals surface area contributed by atoms with E-state index >= 15 is 0 Å². The molecular weight excluding hydrogens is 330 g/mol. The topological polar surface area (TPSA) is 21.1 Å². The van der Waals surface area contributed by atoms with Gasteiger partial charge in [0.15, 0.2) is 0 Å². The van der Waals surface area contributed by atoms with Gasteiger partial charge in [0.25, 0.3) is 0 Å². The van der Waals surface area contributed by atoms with Crippen molar-refractivity contribution in [3.8, 4) is 0 Å². The van der Waals surface area contributed by atoms with E-state index in [9.17, 15) is 0 Å². The third-order valence-electron chi connectivity index (χ3n) is 5.23. The molecule has 130 valence electrons. The van der Waals surface area contributed by atoms with Crippen molar-refractivity contribution in [2.75, 3.05) is 13.6 Å². The van der Waals surface area contributed by atoms with Gasteiger partial charge < -0.3 is 9.47 Å². The van der Waals surface area contributed by atoms with Crippen LogP contribution in [0.3, 0.4) is 0 Å². The summed E-state index contributed by atoms with van der Waals surface area (Å²) in [5.41, 5.74) is 6.68. The lowest BCUT2D eigenvalue weighted by atomic mass is 10.1. The summed E-state index contributed by atoms with van der Waals surface area (Å²) in [6, 6.07) is 10.6. The zero-order valence-corrected chi connectivity index (χ0v) is 15.7. The molecule has 0 fully saturated rings. The van der Waals surface area contributed by atoms with Crippen molar-refractivity contribution < 1.29 is 0 Å². The van der Waals surface area contributed by atoms with Crippen molar-refractivity contribution in [3.63, 3.8) is 0 Å². The van der Waals surface area contributed by atoms with Crippen molar-refractivity contribution in [2.24, 2.45) is 0 Å². The minimum Gasteiger partial charge on any atom is -0.344 e. The number of benzene rings is 1. The number of nitrogens with zero attached hydrogens (tertiary/aromatic N) is 3. The first kappa shape index (κ1) is 16.6. The molecule has 0 saturated heterocycles. The van der Waals surface area contributed by atoms with E-state index in [0.717, 1.165) is 49.6 Å². The zero-order valence-electron chi connectivity index (χ0n) is 14.9. The first-order valence-electron chi connectivity index (χ1n) is 9.01. The molecule has 3 heterocycles. The van der Waals surface area contributed by atoms with Gasteiger partial charge in [0.2, 0.25) is 0 Å². The van der Waals surface area contributed by atoms with Crippen LogP contribution in [0.2, 0.25) is 5.02 Å². The van der Waals surface area contributed by atoms with Crippen molar-refractivity contribution in [3.05, 3.63) is 64.1 Å². The fourth-order valence-corrected chi connectivity index (χ4v) is 4.07. The highest BCUT2D eigenvalue weighted by Gasteiger charge is 2.22.